The van der Waals surface area contributed by atoms with Crippen molar-refractivity contribution < 1.29 is 0 Å². The number of hydrogen-bond donors (Lipinski definition) is 1. The molecule has 1 aliphatic rings. The van der Waals surface area contributed by atoms with E-state index in [9.17, 15) is 4.79 Å². The van der Waals surface area contributed by atoms with Crippen LogP contribution in [-0.2, 0) is 26.6 Å². The van der Waals surface area contributed by atoms with E-state index in [-0.39, 0.29) is 5.56 Å². The fourth-order valence-corrected chi connectivity index (χ4v) is 2.12. The quantitative estimate of drug-likeness (QED) is 0.740. The molecule has 0 atom stereocenters. The second-order valence-electron chi connectivity index (χ2n) is 4.33. The molecular weight excluding hydrogens is 232 g/mol. The van der Waals surface area contributed by atoms with Crippen LogP contribution >= 0.6 is 0 Å². The van der Waals surface area contributed by atoms with E-state index in [4.69, 9.17) is 0 Å². The highest BCUT2D eigenvalue weighted by Crippen LogP contribution is 2.05. The number of fused-ring (bicyclic) bond motifs is 1. The standard InChI is InChI=1S/C11H14N6O/c1-16-10(13-6-15-16)5-17-7-14-9-4-12-3-2-8(9)11(17)18/h6-7,12H,2-5H2,1H3. The molecule has 3 rings (SSSR count). The van der Waals surface area contributed by atoms with Gasteiger partial charge in [-0.05, 0) is 13.0 Å². The molecule has 0 aromatic carbocycles. The van der Waals surface area contributed by atoms with Gasteiger partial charge < -0.3 is 5.32 Å². The van der Waals surface area contributed by atoms with Crippen LogP contribution in [0.2, 0.25) is 0 Å². The minimum atomic E-state index is 0.0319. The first-order chi connectivity index (χ1) is 8.75. The summed E-state index contributed by atoms with van der Waals surface area (Å²) in [7, 11) is 1.81. The van der Waals surface area contributed by atoms with Gasteiger partial charge in [-0.2, -0.15) is 5.10 Å². The topological polar surface area (TPSA) is 77.6 Å². The van der Waals surface area contributed by atoms with Crippen LogP contribution in [0.25, 0.3) is 0 Å². The van der Waals surface area contributed by atoms with Crippen LogP contribution in [0.15, 0.2) is 17.4 Å². The summed E-state index contributed by atoms with van der Waals surface area (Å²) < 4.78 is 3.25. The summed E-state index contributed by atoms with van der Waals surface area (Å²) in [5, 5.41) is 7.19. The van der Waals surface area contributed by atoms with Gasteiger partial charge in [0.2, 0.25) is 0 Å². The van der Waals surface area contributed by atoms with E-state index in [1.165, 1.54) is 6.33 Å². The first-order valence-corrected chi connectivity index (χ1v) is 5.86. The lowest BCUT2D eigenvalue weighted by molar-refractivity contribution is 0.581. The van der Waals surface area contributed by atoms with Crippen LogP contribution in [0.3, 0.4) is 0 Å². The van der Waals surface area contributed by atoms with Crippen LogP contribution < -0.4 is 10.9 Å². The molecule has 1 aliphatic heterocycles. The fraction of sp³-hybridized carbons (Fsp3) is 0.455. The molecule has 94 valence electrons. The van der Waals surface area contributed by atoms with E-state index >= 15 is 0 Å². The predicted octanol–water partition coefficient (Wildman–Crippen LogP) is -0.934. The minimum absolute atomic E-state index is 0.0319. The van der Waals surface area contributed by atoms with Gasteiger partial charge in [-0.15, -0.1) is 0 Å². The van der Waals surface area contributed by atoms with Crippen molar-refractivity contribution in [3.05, 3.63) is 40.1 Å². The number of aromatic nitrogens is 5. The summed E-state index contributed by atoms with van der Waals surface area (Å²) in [5.74, 6) is 0.743. The minimum Gasteiger partial charge on any atom is -0.311 e. The molecule has 0 aliphatic carbocycles. The molecule has 18 heavy (non-hydrogen) atoms. The average molecular weight is 246 g/mol. The van der Waals surface area contributed by atoms with Gasteiger partial charge in [-0.1, -0.05) is 0 Å². The van der Waals surface area contributed by atoms with Crippen LogP contribution in [0.5, 0.6) is 0 Å². The lowest BCUT2D eigenvalue weighted by atomic mass is 10.1. The van der Waals surface area contributed by atoms with Gasteiger partial charge in [0.1, 0.15) is 12.2 Å². The zero-order valence-corrected chi connectivity index (χ0v) is 10.1. The highest BCUT2D eigenvalue weighted by Gasteiger charge is 2.15. The van der Waals surface area contributed by atoms with Gasteiger partial charge in [-0.3, -0.25) is 14.0 Å². The van der Waals surface area contributed by atoms with Gasteiger partial charge in [0, 0.05) is 19.2 Å². The van der Waals surface area contributed by atoms with E-state index in [0.29, 0.717) is 13.1 Å². The summed E-state index contributed by atoms with van der Waals surface area (Å²) in [6.07, 6.45) is 3.81. The molecular formula is C11H14N6O. The van der Waals surface area contributed by atoms with Crippen molar-refractivity contribution in [2.24, 2.45) is 7.05 Å². The first-order valence-electron chi connectivity index (χ1n) is 5.86. The lowest BCUT2D eigenvalue weighted by Crippen LogP contribution is -2.34. The number of nitrogens with one attached hydrogen (secondary N) is 1. The van der Waals surface area contributed by atoms with Crippen LogP contribution in [0.1, 0.15) is 17.1 Å². The highest BCUT2D eigenvalue weighted by molar-refractivity contribution is 5.19. The van der Waals surface area contributed by atoms with Crippen molar-refractivity contribution in [1.29, 1.82) is 0 Å². The third-order valence-electron chi connectivity index (χ3n) is 3.18. The average Bonchev–Trinajstić information content (AvgIpc) is 2.79. The van der Waals surface area contributed by atoms with E-state index in [2.05, 4.69) is 20.4 Å². The van der Waals surface area contributed by atoms with E-state index in [1.54, 1.807) is 15.6 Å². The van der Waals surface area contributed by atoms with Crippen LogP contribution in [0.4, 0.5) is 0 Å². The molecule has 0 saturated heterocycles. The molecule has 0 fully saturated rings. The Morgan fingerprint density at radius 1 is 1.44 bits per heavy atom. The lowest BCUT2D eigenvalue weighted by Gasteiger charge is -2.16. The summed E-state index contributed by atoms with van der Waals surface area (Å²) in [4.78, 5) is 20.7. The third-order valence-corrected chi connectivity index (χ3v) is 3.18. The Morgan fingerprint density at radius 2 is 2.33 bits per heavy atom. The van der Waals surface area contributed by atoms with Gasteiger partial charge in [0.05, 0.1) is 18.6 Å². The monoisotopic (exact) mass is 246 g/mol. The van der Waals surface area contributed by atoms with Crippen molar-refractivity contribution in [3.63, 3.8) is 0 Å². The number of nitrogens with zero attached hydrogens (tertiary/aromatic N) is 5. The van der Waals surface area contributed by atoms with Crippen molar-refractivity contribution in [3.8, 4) is 0 Å². The molecule has 0 unspecified atom stereocenters. The number of aryl methyl sites for hydroxylation is 1. The maximum Gasteiger partial charge on any atom is 0.257 e. The Bertz CT molecular complexity index is 629. The van der Waals surface area contributed by atoms with Gasteiger partial charge in [0.25, 0.3) is 5.56 Å². The number of rotatable bonds is 2. The van der Waals surface area contributed by atoms with E-state index in [1.807, 2.05) is 7.05 Å². The molecule has 7 nitrogen and oxygen atoms in total. The molecule has 0 amide bonds. The first kappa shape index (κ1) is 11.1. The smallest absolute Gasteiger partial charge is 0.257 e. The summed E-state index contributed by atoms with van der Waals surface area (Å²) in [6.45, 7) is 1.91. The second-order valence-corrected chi connectivity index (χ2v) is 4.33. The Hall–Kier alpha value is -2.02. The number of hydrogen-bond acceptors (Lipinski definition) is 5. The molecule has 3 heterocycles. The Kier molecular flexibility index (Phi) is 2.67. The van der Waals surface area contributed by atoms with E-state index in [0.717, 1.165) is 30.0 Å². The maximum absolute atomic E-state index is 12.3. The van der Waals surface area contributed by atoms with Crippen molar-refractivity contribution >= 4 is 0 Å². The summed E-state index contributed by atoms with van der Waals surface area (Å²) >= 11 is 0. The molecule has 2 aromatic heterocycles. The van der Waals surface area contributed by atoms with Gasteiger partial charge in [-0.25, -0.2) is 9.97 Å². The molecule has 7 heteroatoms. The van der Waals surface area contributed by atoms with E-state index < -0.39 is 0 Å². The molecule has 2 aromatic rings. The van der Waals surface area contributed by atoms with Crippen LogP contribution in [-0.4, -0.2) is 30.9 Å². The molecule has 1 N–H and O–H groups in total. The second kappa shape index (κ2) is 4.34. The molecule has 0 saturated carbocycles. The summed E-state index contributed by atoms with van der Waals surface area (Å²) in [5.41, 5.74) is 1.71. The normalized spacial score (nSPS) is 14.5. The zero-order chi connectivity index (χ0) is 12.5. The van der Waals surface area contributed by atoms with Crippen molar-refractivity contribution in [2.45, 2.75) is 19.5 Å². The van der Waals surface area contributed by atoms with Gasteiger partial charge in [0.15, 0.2) is 0 Å². The predicted molar refractivity (Wildman–Crippen MR) is 64.0 cm³/mol. The SMILES string of the molecule is Cn1ncnc1Cn1cnc2c(c1=O)CCNC2. The zero-order valence-electron chi connectivity index (χ0n) is 10.1. The van der Waals surface area contributed by atoms with Crippen molar-refractivity contribution in [2.75, 3.05) is 6.54 Å². The largest absolute Gasteiger partial charge is 0.311 e. The summed E-state index contributed by atoms with van der Waals surface area (Å²) in [6, 6.07) is 0. The maximum atomic E-state index is 12.3. The Balaban J connectivity index is 1.99. The molecule has 0 radical (unpaired) electrons. The Labute approximate surface area is 103 Å². The Morgan fingerprint density at radius 3 is 3.11 bits per heavy atom. The highest BCUT2D eigenvalue weighted by atomic mass is 16.1. The van der Waals surface area contributed by atoms with Crippen molar-refractivity contribution in [1.82, 2.24) is 29.6 Å². The molecule has 0 spiro atoms. The fourth-order valence-electron chi connectivity index (χ4n) is 2.12. The van der Waals surface area contributed by atoms with Crippen LogP contribution in [0, 0.1) is 0 Å². The van der Waals surface area contributed by atoms with Gasteiger partial charge >= 0.3 is 0 Å². The third kappa shape index (κ3) is 1.82. The molecule has 0 bridgehead atoms.